The van der Waals surface area contributed by atoms with E-state index in [0.29, 0.717) is 25.8 Å². The zero-order valence-corrected chi connectivity index (χ0v) is 14.7. The summed E-state index contributed by atoms with van der Waals surface area (Å²) in [5.41, 5.74) is 0.826. The van der Waals surface area contributed by atoms with Crippen LogP contribution in [0.25, 0.3) is 6.08 Å². The van der Waals surface area contributed by atoms with Crippen LogP contribution in [0.3, 0.4) is 0 Å². The van der Waals surface area contributed by atoms with Crippen molar-refractivity contribution in [3.05, 3.63) is 38.7 Å². The number of thiocarbonyl (C=S) groups is 1. The molecule has 0 saturated carbocycles. The van der Waals surface area contributed by atoms with Crippen molar-refractivity contribution < 1.29 is 9.53 Å². The number of ether oxygens (including phenoxy) is 1. The van der Waals surface area contributed by atoms with Crippen LogP contribution >= 0.6 is 47.2 Å². The third kappa shape index (κ3) is 3.49. The Morgan fingerprint density at radius 3 is 2.91 bits per heavy atom. The topological polar surface area (TPSA) is 29.5 Å². The van der Waals surface area contributed by atoms with Gasteiger partial charge in [-0.15, -0.1) is 0 Å². The van der Waals surface area contributed by atoms with Gasteiger partial charge in [-0.25, -0.2) is 0 Å². The number of amides is 1. The normalized spacial score (nSPS) is 23.8. The van der Waals surface area contributed by atoms with Crippen molar-refractivity contribution >= 4 is 63.5 Å². The number of carbonyl (C=O) groups is 1. The minimum absolute atomic E-state index is 0.0726. The Morgan fingerprint density at radius 1 is 1.41 bits per heavy atom. The van der Waals surface area contributed by atoms with Crippen LogP contribution in [-0.2, 0) is 9.53 Å². The minimum atomic E-state index is -0.0726. The zero-order chi connectivity index (χ0) is 15.7. The van der Waals surface area contributed by atoms with Gasteiger partial charge < -0.3 is 4.74 Å². The van der Waals surface area contributed by atoms with E-state index in [0.717, 1.165) is 25.0 Å². The van der Waals surface area contributed by atoms with Gasteiger partial charge >= 0.3 is 0 Å². The lowest BCUT2D eigenvalue weighted by Crippen LogP contribution is -2.35. The highest BCUT2D eigenvalue weighted by molar-refractivity contribution is 8.26. The number of benzene rings is 1. The number of hydrogen-bond acceptors (Lipinski definition) is 4. The van der Waals surface area contributed by atoms with Crippen LogP contribution in [0.15, 0.2) is 23.1 Å². The molecule has 0 radical (unpaired) electrons. The molecule has 3 rings (SSSR count). The molecule has 7 heteroatoms. The fourth-order valence-electron chi connectivity index (χ4n) is 2.40. The van der Waals surface area contributed by atoms with Crippen LogP contribution in [0, 0.1) is 0 Å². The Balaban J connectivity index is 1.77. The highest BCUT2D eigenvalue weighted by atomic mass is 35.5. The van der Waals surface area contributed by atoms with Crippen molar-refractivity contribution in [3.63, 3.8) is 0 Å². The van der Waals surface area contributed by atoms with E-state index in [1.165, 1.54) is 11.8 Å². The SMILES string of the molecule is O=C1C(=Cc2ccc(Cl)c(Cl)c2)SC(=S)N1CC1CCCO1. The second-order valence-corrected chi connectivity index (χ2v) is 7.59. The van der Waals surface area contributed by atoms with Crippen LogP contribution in [-0.4, -0.2) is 34.4 Å². The summed E-state index contributed by atoms with van der Waals surface area (Å²) in [7, 11) is 0. The van der Waals surface area contributed by atoms with Crippen LogP contribution in [0.5, 0.6) is 0 Å². The van der Waals surface area contributed by atoms with E-state index < -0.39 is 0 Å². The summed E-state index contributed by atoms with van der Waals surface area (Å²) in [6, 6.07) is 5.26. The summed E-state index contributed by atoms with van der Waals surface area (Å²) >= 11 is 18.5. The van der Waals surface area contributed by atoms with E-state index in [1.807, 2.05) is 6.07 Å². The van der Waals surface area contributed by atoms with E-state index in [9.17, 15) is 4.79 Å². The molecular weight excluding hydrogens is 361 g/mol. The van der Waals surface area contributed by atoms with Gasteiger partial charge in [0.1, 0.15) is 4.32 Å². The average molecular weight is 374 g/mol. The van der Waals surface area contributed by atoms with Crippen molar-refractivity contribution in [1.82, 2.24) is 4.90 Å². The molecule has 1 atom stereocenters. The molecule has 22 heavy (non-hydrogen) atoms. The van der Waals surface area contributed by atoms with E-state index >= 15 is 0 Å². The number of hydrogen-bond donors (Lipinski definition) is 0. The van der Waals surface area contributed by atoms with E-state index in [-0.39, 0.29) is 12.0 Å². The quantitative estimate of drug-likeness (QED) is 0.580. The molecule has 2 fully saturated rings. The van der Waals surface area contributed by atoms with Crippen molar-refractivity contribution in [3.8, 4) is 0 Å². The maximum Gasteiger partial charge on any atom is 0.266 e. The Kier molecular flexibility index (Phi) is 5.10. The van der Waals surface area contributed by atoms with Crippen LogP contribution in [0.4, 0.5) is 0 Å². The number of nitrogens with zero attached hydrogens (tertiary/aromatic N) is 1. The highest BCUT2D eigenvalue weighted by Crippen LogP contribution is 2.34. The average Bonchev–Trinajstić information content (AvgIpc) is 3.08. The molecule has 116 valence electrons. The van der Waals surface area contributed by atoms with E-state index in [2.05, 4.69) is 0 Å². The predicted octanol–water partition coefficient (Wildman–Crippen LogP) is 4.37. The molecular formula is C15H13Cl2NO2S2. The van der Waals surface area contributed by atoms with Crippen LogP contribution < -0.4 is 0 Å². The molecule has 0 aromatic heterocycles. The summed E-state index contributed by atoms with van der Waals surface area (Å²) in [4.78, 5) is 14.7. The molecule has 0 N–H and O–H groups in total. The van der Waals surface area contributed by atoms with Gasteiger partial charge in [-0.2, -0.15) is 0 Å². The summed E-state index contributed by atoms with van der Waals surface area (Å²) in [5, 5.41) is 0.954. The summed E-state index contributed by atoms with van der Waals surface area (Å²) < 4.78 is 6.16. The Hall–Kier alpha value is -0.590. The molecule has 2 aliphatic rings. The first kappa shape index (κ1) is 16.3. The second-order valence-electron chi connectivity index (χ2n) is 5.10. The van der Waals surface area contributed by atoms with Gasteiger partial charge in [0.2, 0.25) is 0 Å². The largest absolute Gasteiger partial charge is 0.376 e. The van der Waals surface area contributed by atoms with Crippen LogP contribution in [0.1, 0.15) is 18.4 Å². The summed E-state index contributed by atoms with van der Waals surface area (Å²) in [5.74, 6) is -0.0726. The fraction of sp³-hybridized carbons (Fsp3) is 0.333. The van der Waals surface area contributed by atoms with Gasteiger partial charge in [-0.05, 0) is 36.6 Å². The van der Waals surface area contributed by atoms with Gasteiger partial charge in [0.25, 0.3) is 5.91 Å². The molecule has 2 heterocycles. The molecule has 2 saturated heterocycles. The van der Waals surface area contributed by atoms with Crippen LogP contribution in [0.2, 0.25) is 10.0 Å². The van der Waals surface area contributed by atoms with Crippen molar-refractivity contribution in [2.45, 2.75) is 18.9 Å². The standard InChI is InChI=1S/C15H13Cl2NO2S2/c16-11-4-3-9(6-12(11)17)7-13-14(19)18(15(21)22-13)8-10-2-1-5-20-10/h3-4,6-7,10H,1-2,5,8H2. The lowest BCUT2D eigenvalue weighted by Gasteiger charge is -2.18. The van der Waals surface area contributed by atoms with Crippen molar-refractivity contribution in [2.75, 3.05) is 13.2 Å². The first-order chi connectivity index (χ1) is 10.5. The number of rotatable bonds is 3. The first-order valence-electron chi connectivity index (χ1n) is 6.86. The molecule has 3 nitrogen and oxygen atoms in total. The highest BCUT2D eigenvalue weighted by Gasteiger charge is 2.34. The smallest absolute Gasteiger partial charge is 0.266 e. The van der Waals surface area contributed by atoms with Gasteiger partial charge in [-0.1, -0.05) is 53.2 Å². The third-order valence-corrected chi connectivity index (χ3v) is 5.64. The molecule has 0 aliphatic carbocycles. The number of thioether (sulfide) groups is 1. The predicted molar refractivity (Wildman–Crippen MR) is 95.3 cm³/mol. The Bertz CT molecular complexity index is 657. The maximum absolute atomic E-state index is 12.5. The summed E-state index contributed by atoms with van der Waals surface area (Å²) in [6.45, 7) is 1.29. The first-order valence-corrected chi connectivity index (χ1v) is 8.84. The van der Waals surface area contributed by atoms with E-state index in [4.69, 9.17) is 40.2 Å². The zero-order valence-electron chi connectivity index (χ0n) is 11.6. The molecule has 0 bridgehead atoms. The van der Waals surface area contributed by atoms with E-state index in [1.54, 1.807) is 23.1 Å². The summed E-state index contributed by atoms with van der Waals surface area (Å²) in [6.07, 6.45) is 3.89. The molecule has 1 aromatic rings. The minimum Gasteiger partial charge on any atom is -0.376 e. The van der Waals surface area contributed by atoms with Gasteiger partial charge in [-0.3, -0.25) is 9.69 Å². The lowest BCUT2D eigenvalue weighted by molar-refractivity contribution is -0.123. The number of halogens is 2. The molecule has 0 spiro atoms. The molecule has 2 aliphatic heterocycles. The third-order valence-electron chi connectivity index (χ3n) is 3.53. The Morgan fingerprint density at radius 2 is 2.23 bits per heavy atom. The number of carbonyl (C=O) groups excluding carboxylic acids is 1. The van der Waals surface area contributed by atoms with Crippen molar-refractivity contribution in [2.24, 2.45) is 0 Å². The van der Waals surface area contributed by atoms with Gasteiger partial charge in [0, 0.05) is 6.61 Å². The second kappa shape index (κ2) is 6.89. The monoisotopic (exact) mass is 373 g/mol. The Labute approximate surface area is 148 Å². The maximum atomic E-state index is 12.5. The molecule has 1 amide bonds. The van der Waals surface area contributed by atoms with Gasteiger partial charge in [0.05, 0.1) is 27.6 Å². The molecule has 1 aromatic carbocycles. The van der Waals surface area contributed by atoms with Crippen molar-refractivity contribution in [1.29, 1.82) is 0 Å². The fourth-order valence-corrected chi connectivity index (χ4v) is 3.98. The van der Waals surface area contributed by atoms with Gasteiger partial charge in [0.15, 0.2) is 0 Å². The lowest BCUT2D eigenvalue weighted by atomic mass is 10.2. The molecule has 1 unspecified atom stereocenters.